The third-order valence-electron chi connectivity index (χ3n) is 16.2. The van der Waals surface area contributed by atoms with Gasteiger partial charge in [0.25, 0.3) is 0 Å². The molecule has 80 heavy (non-hydrogen) atoms. The summed E-state index contributed by atoms with van der Waals surface area (Å²) in [6.07, 6.45) is 0. The van der Waals surface area contributed by atoms with Crippen molar-refractivity contribution in [3.8, 4) is 66.8 Å². The standard InChI is InChI=1S/C78H56N2/c1-53-61(55-27-9-3-10-28-55)41-25-45-71(53)79(73-43-23-21-39-63(73)57-31-13-5-14-32-57)75-51-69(59-35-17-7-18-36-59)65-48-50-68-76(52-70(60-37-19-8-20-38-60)66-47-49-67(75)77(65)78(66)68)80(74-44-24-22-40-64(74)58-33-15-6-16-34-58)72-46-26-42-62(54(72)2)56-29-11-4-12-30-56/h3-52H,1-2H3. The summed E-state index contributed by atoms with van der Waals surface area (Å²) < 4.78 is 0. The van der Waals surface area contributed by atoms with Crippen molar-refractivity contribution in [3.63, 3.8) is 0 Å². The van der Waals surface area contributed by atoms with E-state index < -0.39 is 0 Å². The molecule has 2 nitrogen and oxygen atoms in total. The average Bonchev–Trinajstić information content (AvgIpc) is 3.47. The molecule has 0 radical (unpaired) electrons. The molecule has 0 amide bonds. The topological polar surface area (TPSA) is 6.48 Å². The van der Waals surface area contributed by atoms with Gasteiger partial charge in [0.15, 0.2) is 0 Å². The van der Waals surface area contributed by atoms with E-state index in [9.17, 15) is 0 Å². The fourth-order valence-corrected chi connectivity index (χ4v) is 12.5. The second-order valence-electron chi connectivity index (χ2n) is 20.8. The van der Waals surface area contributed by atoms with E-state index in [2.05, 4.69) is 327 Å². The first kappa shape index (κ1) is 48.1. The summed E-state index contributed by atoms with van der Waals surface area (Å²) in [5.41, 5.74) is 23.1. The highest BCUT2D eigenvalue weighted by Gasteiger charge is 2.29. The molecule has 0 saturated carbocycles. The molecule has 378 valence electrons. The van der Waals surface area contributed by atoms with Crippen molar-refractivity contribution < 1.29 is 0 Å². The quantitative estimate of drug-likeness (QED) is 0.113. The Morgan fingerprint density at radius 3 is 0.775 bits per heavy atom. The Kier molecular flexibility index (Phi) is 12.4. The van der Waals surface area contributed by atoms with E-state index in [1.54, 1.807) is 0 Å². The first-order chi connectivity index (χ1) is 39.6. The van der Waals surface area contributed by atoms with Crippen LogP contribution >= 0.6 is 0 Å². The summed E-state index contributed by atoms with van der Waals surface area (Å²) in [5.74, 6) is 0. The average molecular weight is 1020 g/mol. The predicted molar refractivity (Wildman–Crippen MR) is 342 cm³/mol. The highest BCUT2D eigenvalue weighted by molar-refractivity contribution is 6.32. The highest BCUT2D eigenvalue weighted by Crippen LogP contribution is 2.55. The zero-order chi connectivity index (χ0) is 53.5. The van der Waals surface area contributed by atoms with Gasteiger partial charge in [-0.05, 0) is 128 Å². The number of benzene rings is 14. The molecule has 0 aliphatic carbocycles. The zero-order valence-corrected chi connectivity index (χ0v) is 44.8. The van der Waals surface area contributed by atoms with Gasteiger partial charge in [0.1, 0.15) is 0 Å². The van der Waals surface area contributed by atoms with Crippen LogP contribution in [0.3, 0.4) is 0 Å². The lowest BCUT2D eigenvalue weighted by Crippen LogP contribution is -2.15. The van der Waals surface area contributed by atoms with Gasteiger partial charge in [-0.25, -0.2) is 0 Å². The maximum Gasteiger partial charge on any atom is 0.0547 e. The number of para-hydroxylation sites is 2. The molecule has 0 aliphatic rings. The van der Waals surface area contributed by atoms with Gasteiger partial charge in [-0.15, -0.1) is 0 Å². The van der Waals surface area contributed by atoms with Crippen LogP contribution in [0, 0.1) is 13.8 Å². The lowest BCUT2D eigenvalue weighted by Gasteiger charge is -2.33. The van der Waals surface area contributed by atoms with E-state index in [-0.39, 0.29) is 0 Å². The van der Waals surface area contributed by atoms with Crippen LogP contribution in [-0.2, 0) is 0 Å². The van der Waals surface area contributed by atoms with Gasteiger partial charge in [-0.2, -0.15) is 0 Å². The molecule has 0 atom stereocenters. The Hall–Kier alpha value is -10.3. The van der Waals surface area contributed by atoms with Gasteiger partial charge < -0.3 is 9.80 Å². The summed E-state index contributed by atoms with van der Waals surface area (Å²) in [6.45, 7) is 4.58. The minimum Gasteiger partial charge on any atom is -0.309 e. The van der Waals surface area contributed by atoms with Crippen molar-refractivity contribution in [2.24, 2.45) is 0 Å². The van der Waals surface area contributed by atoms with Crippen molar-refractivity contribution in [2.75, 3.05) is 9.80 Å². The molecule has 2 heteroatoms. The van der Waals surface area contributed by atoms with Gasteiger partial charge >= 0.3 is 0 Å². The van der Waals surface area contributed by atoms with E-state index >= 15 is 0 Å². The Labute approximate surface area is 468 Å². The molecule has 0 N–H and O–H groups in total. The number of hydrogen-bond acceptors (Lipinski definition) is 2. The molecule has 14 aromatic carbocycles. The van der Waals surface area contributed by atoms with E-state index in [1.165, 1.54) is 76.8 Å². The smallest absolute Gasteiger partial charge is 0.0547 e. The van der Waals surface area contributed by atoms with Crippen LogP contribution in [-0.4, -0.2) is 0 Å². The van der Waals surface area contributed by atoms with E-state index in [4.69, 9.17) is 0 Å². The van der Waals surface area contributed by atoms with Gasteiger partial charge in [0.05, 0.1) is 22.7 Å². The second-order valence-corrected chi connectivity index (χ2v) is 20.8. The van der Waals surface area contributed by atoms with Crippen LogP contribution in [0.15, 0.2) is 303 Å². The van der Waals surface area contributed by atoms with Gasteiger partial charge in [0, 0.05) is 44.0 Å². The minimum absolute atomic E-state index is 1.10. The van der Waals surface area contributed by atoms with Crippen LogP contribution in [0.2, 0.25) is 0 Å². The first-order valence-electron chi connectivity index (χ1n) is 27.7. The molecule has 0 fully saturated rings. The molecule has 0 unspecified atom stereocenters. The van der Waals surface area contributed by atoms with Crippen molar-refractivity contribution in [2.45, 2.75) is 13.8 Å². The van der Waals surface area contributed by atoms with Crippen LogP contribution in [0.4, 0.5) is 34.1 Å². The Balaban J connectivity index is 1.14. The number of nitrogens with zero attached hydrogens (tertiary/aromatic N) is 2. The van der Waals surface area contributed by atoms with E-state index in [0.717, 1.165) is 67.5 Å². The van der Waals surface area contributed by atoms with Gasteiger partial charge in [-0.1, -0.05) is 267 Å². The molecule has 0 aliphatic heterocycles. The lowest BCUT2D eigenvalue weighted by atomic mass is 9.84. The van der Waals surface area contributed by atoms with Crippen molar-refractivity contribution in [3.05, 3.63) is 314 Å². The maximum atomic E-state index is 2.56. The largest absolute Gasteiger partial charge is 0.309 e. The molecule has 0 heterocycles. The van der Waals surface area contributed by atoms with Crippen LogP contribution < -0.4 is 9.80 Å². The van der Waals surface area contributed by atoms with Gasteiger partial charge in [0.2, 0.25) is 0 Å². The van der Waals surface area contributed by atoms with E-state index in [1.807, 2.05) is 0 Å². The zero-order valence-electron chi connectivity index (χ0n) is 44.8. The molecular formula is C78H56N2. The number of anilines is 6. The third kappa shape index (κ3) is 8.38. The summed E-state index contributed by atoms with van der Waals surface area (Å²) in [4.78, 5) is 5.12. The molecule has 14 aromatic rings. The van der Waals surface area contributed by atoms with Crippen LogP contribution in [0.5, 0.6) is 0 Å². The Morgan fingerprint density at radius 1 is 0.188 bits per heavy atom. The van der Waals surface area contributed by atoms with Gasteiger partial charge in [-0.3, -0.25) is 0 Å². The SMILES string of the molecule is Cc1c(-c2ccccc2)cccc1N(c1ccccc1-c1ccccc1)c1cc(-c2ccccc2)c2ccc3c(N(c4ccccc4-c4ccccc4)c4cccc(-c5ccccc5)c4C)cc(-c4ccccc4)c4ccc1c2c43. The minimum atomic E-state index is 1.10. The van der Waals surface area contributed by atoms with Crippen molar-refractivity contribution in [1.29, 1.82) is 0 Å². The van der Waals surface area contributed by atoms with Crippen molar-refractivity contribution in [1.82, 2.24) is 0 Å². The molecule has 0 spiro atoms. The van der Waals surface area contributed by atoms with Crippen LogP contribution in [0.1, 0.15) is 11.1 Å². The summed E-state index contributed by atoms with van der Waals surface area (Å²) >= 11 is 0. The van der Waals surface area contributed by atoms with Crippen molar-refractivity contribution >= 4 is 66.4 Å². The summed E-state index contributed by atoms with van der Waals surface area (Å²) in [6, 6.07) is 111. The second kappa shape index (κ2) is 20.6. The monoisotopic (exact) mass is 1020 g/mol. The fraction of sp³-hybridized carbons (Fsp3) is 0.0256. The van der Waals surface area contributed by atoms with Crippen LogP contribution in [0.25, 0.3) is 99.1 Å². The molecule has 0 saturated heterocycles. The molecule has 14 rings (SSSR count). The highest BCUT2D eigenvalue weighted by atomic mass is 15.2. The van der Waals surface area contributed by atoms with E-state index in [0.29, 0.717) is 0 Å². The molecule has 0 aromatic heterocycles. The molecular weight excluding hydrogens is 965 g/mol. The normalized spacial score (nSPS) is 11.4. The summed E-state index contributed by atoms with van der Waals surface area (Å²) in [7, 11) is 0. The molecule has 0 bridgehead atoms. The summed E-state index contributed by atoms with van der Waals surface area (Å²) in [5, 5.41) is 7.18. The maximum absolute atomic E-state index is 2.56. The number of hydrogen-bond donors (Lipinski definition) is 0. The Morgan fingerprint density at radius 2 is 0.438 bits per heavy atom. The first-order valence-corrected chi connectivity index (χ1v) is 27.7. The predicted octanol–water partition coefficient (Wildman–Crippen LogP) is 22.1. The third-order valence-corrected chi connectivity index (χ3v) is 16.2. The fourth-order valence-electron chi connectivity index (χ4n) is 12.5. The number of rotatable bonds is 12. The Bertz CT molecular complexity index is 4220. The lowest BCUT2D eigenvalue weighted by molar-refractivity contribution is 1.26.